The minimum Gasteiger partial charge on any atom is -0.444 e. The summed E-state index contributed by atoms with van der Waals surface area (Å²) in [7, 11) is 0. The van der Waals surface area contributed by atoms with Gasteiger partial charge < -0.3 is 20.3 Å². The van der Waals surface area contributed by atoms with Gasteiger partial charge in [-0.3, -0.25) is 9.59 Å². The van der Waals surface area contributed by atoms with Crippen molar-refractivity contribution in [2.24, 2.45) is 5.92 Å². The molecule has 2 unspecified atom stereocenters. The maximum absolute atomic E-state index is 14.2. The van der Waals surface area contributed by atoms with Crippen LogP contribution in [0.4, 0.5) is 10.5 Å². The summed E-state index contributed by atoms with van der Waals surface area (Å²) >= 11 is 0. The lowest BCUT2D eigenvalue weighted by atomic mass is 9.95. The van der Waals surface area contributed by atoms with Crippen molar-refractivity contribution in [3.63, 3.8) is 0 Å². The third-order valence-corrected chi connectivity index (χ3v) is 6.54. The second-order valence-corrected chi connectivity index (χ2v) is 11.4. The lowest BCUT2D eigenvalue weighted by Gasteiger charge is -2.36. The number of nitrogens with one attached hydrogen (secondary N) is 2. The van der Waals surface area contributed by atoms with Crippen LogP contribution >= 0.6 is 0 Å². The van der Waals surface area contributed by atoms with Crippen LogP contribution in [0.2, 0.25) is 0 Å². The molecule has 0 spiro atoms. The largest absolute Gasteiger partial charge is 0.444 e. The molecule has 1 fully saturated rings. The van der Waals surface area contributed by atoms with Crippen LogP contribution in [-0.4, -0.2) is 40.5 Å². The molecular formula is C30H41N3O4. The van der Waals surface area contributed by atoms with Gasteiger partial charge in [0.2, 0.25) is 5.91 Å². The van der Waals surface area contributed by atoms with Crippen molar-refractivity contribution in [2.45, 2.75) is 92.0 Å². The highest BCUT2D eigenvalue weighted by molar-refractivity contribution is 6.00. The van der Waals surface area contributed by atoms with Gasteiger partial charge in [-0.25, -0.2) is 4.79 Å². The predicted molar refractivity (Wildman–Crippen MR) is 146 cm³/mol. The Labute approximate surface area is 221 Å². The summed E-state index contributed by atoms with van der Waals surface area (Å²) in [5.41, 5.74) is 3.65. The Balaban J connectivity index is 2.02. The molecule has 37 heavy (non-hydrogen) atoms. The van der Waals surface area contributed by atoms with Gasteiger partial charge in [-0.05, 0) is 82.6 Å². The van der Waals surface area contributed by atoms with Crippen LogP contribution in [-0.2, 0) is 14.3 Å². The minimum atomic E-state index is -0.845. The standard InChI is InChI=1S/C30H41N3O4/c1-18(2)24(32-29(36)37-30(6,7)8)28(35)33(22-16-17-22)26(23-15-10-9-12-19(23)3)27(34)31-25-20(4)13-11-14-21(25)5/h9-15,18,22,24,26H,16-17H2,1-8H3,(H,31,34)(H,32,36). The molecule has 3 rings (SSSR count). The molecular weight excluding hydrogens is 466 g/mol. The zero-order valence-electron chi connectivity index (χ0n) is 23.3. The topological polar surface area (TPSA) is 87.7 Å². The lowest BCUT2D eigenvalue weighted by molar-refractivity contribution is -0.142. The number of ether oxygens (including phenoxy) is 1. The average molecular weight is 508 g/mol. The number of carbonyl (C=O) groups excluding carboxylic acids is 3. The highest BCUT2D eigenvalue weighted by Crippen LogP contribution is 2.38. The maximum atomic E-state index is 14.2. The quantitative estimate of drug-likeness (QED) is 0.470. The molecule has 0 saturated heterocycles. The van der Waals surface area contributed by atoms with Gasteiger partial charge in [0, 0.05) is 11.7 Å². The van der Waals surface area contributed by atoms with Crippen molar-refractivity contribution >= 4 is 23.6 Å². The molecule has 2 atom stereocenters. The normalized spacial score (nSPS) is 15.1. The number of anilines is 1. The number of alkyl carbamates (subject to hydrolysis) is 1. The molecule has 0 heterocycles. The summed E-state index contributed by atoms with van der Waals surface area (Å²) in [4.78, 5) is 42.5. The molecule has 1 saturated carbocycles. The first-order valence-electron chi connectivity index (χ1n) is 13.0. The molecule has 2 N–H and O–H groups in total. The van der Waals surface area contributed by atoms with Crippen LogP contribution in [0.1, 0.15) is 75.8 Å². The van der Waals surface area contributed by atoms with Crippen LogP contribution < -0.4 is 10.6 Å². The maximum Gasteiger partial charge on any atom is 0.408 e. The van der Waals surface area contributed by atoms with E-state index in [0.29, 0.717) is 0 Å². The minimum absolute atomic E-state index is 0.0810. The highest BCUT2D eigenvalue weighted by atomic mass is 16.6. The van der Waals surface area contributed by atoms with Gasteiger partial charge in [0.1, 0.15) is 17.7 Å². The van der Waals surface area contributed by atoms with Gasteiger partial charge in [-0.1, -0.05) is 56.3 Å². The van der Waals surface area contributed by atoms with Crippen LogP contribution in [0, 0.1) is 26.7 Å². The Morgan fingerprint density at radius 2 is 1.49 bits per heavy atom. The van der Waals surface area contributed by atoms with Crippen LogP contribution in [0.25, 0.3) is 0 Å². The smallest absolute Gasteiger partial charge is 0.408 e. The third-order valence-electron chi connectivity index (χ3n) is 6.54. The summed E-state index contributed by atoms with van der Waals surface area (Å²) < 4.78 is 5.44. The summed E-state index contributed by atoms with van der Waals surface area (Å²) in [5.74, 6) is -0.763. The van der Waals surface area contributed by atoms with E-state index in [9.17, 15) is 14.4 Å². The van der Waals surface area contributed by atoms with Crippen LogP contribution in [0.15, 0.2) is 42.5 Å². The van der Waals surface area contributed by atoms with Crippen molar-refractivity contribution in [1.29, 1.82) is 0 Å². The van der Waals surface area contributed by atoms with E-state index >= 15 is 0 Å². The number of amides is 3. The predicted octanol–water partition coefficient (Wildman–Crippen LogP) is 5.83. The summed E-state index contributed by atoms with van der Waals surface area (Å²) in [6, 6.07) is 11.7. The molecule has 7 heteroatoms. The van der Waals surface area contributed by atoms with Crippen LogP contribution in [0.5, 0.6) is 0 Å². The number of hydrogen-bond acceptors (Lipinski definition) is 4. The zero-order valence-corrected chi connectivity index (χ0v) is 23.3. The van der Waals surface area contributed by atoms with E-state index in [1.165, 1.54) is 0 Å². The van der Waals surface area contributed by atoms with Gasteiger partial charge in [0.15, 0.2) is 0 Å². The summed E-state index contributed by atoms with van der Waals surface area (Å²) in [6.07, 6.45) is 0.965. The molecule has 0 bridgehead atoms. The molecule has 0 aliphatic heterocycles. The van der Waals surface area contributed by atoms with Crippen molar-refractivity contribution in [3.05, 3.63) is 64.7 Å². The lowest BCUT2D eigenvalue weighted by Crippen LogP contribution is -2.55. The van der Waals surface area contributed by atoms with Crippen molar-refractivity contribution < 1.29 is 19.1 Å². The number of aryl methyl sites for hydroxylation is 3. The molecule has 1 aliphatic carbocycles. The van der Waals surface area contributed by atoms with Gasteiger partial charge in [-0.2, -0.15) is 0 Å². The molecule has 0 radical (unpaired) electrons. The van der Waals surface area contributed by atoms with E-state index in [0.717, 1.165) is 40.8 Å². The first-order chi connectivity index (χ1) is 17.3. The fourth-order valence-electron chi connectivity index (χ4n) is 4.49. The Bertz CT molecular complexity index is 1130. The molecule has 1 aliphatic rings. The zero-order chi connectivity index (χ0) is 27.5. The molecule has 200 valence electrons. The molecule has 7 nitrogen and oxygen atoms in total. The van der Waals surface area contributed by atoms with Gasteiger partial charge in [0.25, 0.3) is 5.91 Å². The van der Waals surface area contributed by atoms with E-state index in [2.05, 4.69) is 10.6 Å². The number of rotatable bonds is 8. The Hall–Kier alpha value is -3.35. The second kappa shape index (κ2) is 11.4. The Kier molecular flexibility index (Phi) is 8.67. The van der Waals surface area contributed by atoms with E-state index < -0.39 is 23.8 Å². The molecule has 0 aromatic heterocycles. The van der Waals surface area contributed by atoms with Gasteiger partial charge in [-0.15, -0.1) is 0 Å². The molecule has 3 amide bonds. The van der Waals surface area contributed by atoms with E-state index in [4.69, 9.17) is 4.74 Å². The SMILES string of the molecule is Cc1ccccc1C(C(=O)Nc1c(C)cccc1C)N(C(=O)C(NC(=O)OC(C)(C)C)C(C)C)C1CC1. The van der Waals surface area contributed by atoms with E-state index in [-0.39, 0.29) is 23.8 Å². The molecule has 2 aromatic carbocycles. The van der Waals surface area contributed by atoms with Crippen molar-refractivity contribution in [3.8, 4) is 0 Å². The van der Waals surface area contributed by atoms with E-state index in [1.54, 1.807) is 25.7 Å². The van der Waals surface area contributed by atoms with Crippen molar-refractivity contribution in [1.82, 2.24) is 10.2 Å². The number of hydrogen-bond donors (Lipinski definition) is 2. The third kappa shape index (κ3) is 7.12. The Morgan fingerprint density at radius 3 is 2.00 bits per heavy atom. The monoisotopic (exact) mass is 507 g/mol. The second-order valence-electron chi connectivity index (χ2n) is 11.4. The number of benzene rings is 2. The molecule has 2 aromatic rings. The average Bonchev–Trinajstić information content (AvgIpc) is 3.62. The summed E-state index contributed by atoms with van der Waals surface area (Å²) in [6.45, 7) is 15.0. The van der Waals surface area contributed by atoms with Gasteiger partial charge >= 0.3 is 6.09 Å². The van der Waals surface area contributed by atoms with Gasteiger partial charge in [0.05, 0.1) is 0 Å². The fourth-order valence-corrected chi connectivity index (χ4v) is 4.49. The first kappa shape index (κ1) is 28.2. The highest BCUT2D eigenvalue weighted by Gasteiger charge is 2.45. The Morgan fingerprint density at radius 1 is 0.919 bits per heavy atom. The van der Waals surface area contributed by atoms with Crippen molar-refractivity contribution in [2.75, 3.05) is 5.32 Å². The fraction of sp³-hybridized carbons (Fsp3) is 0.500. The van der Waals surface area contributed by atoms with Crippen LogP contribution in [0.3, 0.4) is 0 Å². The summed E-state index contributed by atoms with van der Waals surface area (Å²) in [5, 5.41) is 5.90. The first-order valence-corrected chi connectivity index (χ1v) is 13.0. The van der Waals surface area contributed by atoms with E-state index in [1.807, 2.05) is 77.1 Å². The number of para-hydroxylation sites is 1. The number of nitrogens with zero attached hydrogens (tertiary/aromatic N) is 1. The number of carbonyl (C=O) groups is 3.